The third-order valence-electron chi connectivity index (χ3n) is 4.98. The van der Waals surface area contributed by atoms with Gasteiger partial charge in [0.2, 0.25) is 5.91 Å². The predicted molar refractivity (Wildman–Crippen MR) is 98.3 cm³/mol. The molecule has 1 saturated heterocycles. The summed E-state index contributed by atoms with van der Waals surface area (Å²) in [6, 6.07) is 3.88. The van der Waals surface area contributed by atoms with Crippen LogP contribution in [0.4, 0.5) is 0 Å². The Morgan fingerprint density at radius 3 is 2.68 bits per heavy atom. The summed E-state index contributed by atoms with van der Waals surface area (Å²) in [5.74, 6) is 0.223. The summed E-state index contributed by atoms with van der Waals surface area (Å²) in [5, 5.41) is 0. The Kier molecular flexibility index (Phi) is 4.86. The van der Waals surface area contributed by atoms with Gasteiger partial charge in [0.25, 0.3) is 0 Å². The van der Waals surface area contributed by atoms with Crippen molar-refractivity contribution in [2.45, 2.75) is 46.2 Å². The number of nitrogens with zero attached hydrogens (tertiary/aromatic N) is 3. The van der Waals surface area contributed by atoms with Gasteiger partial charge in [0.1, 0.15) is 6.54 Å². The quantitative estimate of drug-likeness (QED) is 0.815. The number of hydrogen-bond donors (Lipinski definition) is 0. The highest BCUT2D eigenvalue weighted by molar-refractivity contribution is 7.91. The Hall–Kier alpha value is -1.89. The van der Waals surface area contributed by atoms with E-state index >= 15 is 0 Å². The molecule has 1 aliphatic rings. The molecule has 1 amide bonds. The summed E-state index contributed by atoms with van der Waals surface area (Å²) >= 11 is 0. The summed E-state index contributed by atoms with van der Waals surface area (Å²) in [4.78, 5) is 19.0. The van der Waals surface area contributed by atoms with Gasteiger partial charge in [-0.15, -0.1) is 0 Å². The SMILES string of the molecule is CCCN(C(=O)Cn1cnc2cc(C)c(C)cc21)[C@H]1CCS(=O)(=O)C1. The lowest BCUT2D eigenvalue weighted by Crippen LogP contribution is -2.43. The highest BCUT2D eigenvalue weighted by atomic mass is 32.2. The summed E-state index contributed by atoms with van der Waals surface area (Å²) in [7, 11) is -3.01. The molecule has 1 aliphatic heterocycles. The molecule has 136 valence electrons. The standard InChI is InChI=1S/C18H25N3O3S/c1-4-6-21(15-5-7-25(23,24)11-15)18(22)10-20-12-19-16-8-13(2)14(3)9-17(16)20/h8-9,12,15H,4-7,10-11H2,1-3H3/t15-/m0/s1. The molecule has 0 saturated carbocycles. The molecule has 25 heavy (non-hydrogen) atoms. The first-order chi connectivity index (χ1) is 11.8. The normalized spacial score (nSPS) is 19.4. The first kappa shape index (κ1) is 17.9. The molecule has 0 radical (unpaired) electrons. The van der Waals surface area contributed by atoms with Crippen LogP contribution < -0.4 is 0 Å². The van der Waals surface area contributed by atoms with Crippen molar-refractivity contribution in [2.24, 2.45) is 0 Å². The lowest BCUT2D eigenvalue weighted by molar-refractivity contribution is -0.133. The molecule has 0 N–H and O–H groups in total. The number of aryl methyl sites for hydroxylation is 2. The zero-order valence-corrected chi connectivity index (χ0v) is 15.8. The van der Waals surface area contributed by atoms with E-state index < -0.39 is 9.84 Å². The fourth-order valence-corrected chi connectivity index (χ4v) is 5.18. The number of carbonyl (C=O) groups is 1. The van der Waals surface area contributed by atoms with Gasteiger partial charge in [-0.05, 0) is 49.9 Å². The van der Waals surface area contributed by atoms with Crippen LogP contribution in [-0.4, -0.2) is 52.9 Å². The average Bonchev–Trinajstić information content (AvgIpc) is 3.09. The van der Waals surface area contributed by atoms with Crippen LogP contribution in [0.25, 0.3) is 11.0 Å². The first-order valence-corrected chi connectivity index (χ1v) is 10.5. The molecule has 1 aromatic heterocycles. The van der Waals surface area contributed by atoms with Crippen molar-refractivity contribution < 1.29 is 13.2 Å². The highest BCUT2D eigenvalue weighted by Gasteiger charge is 2.34. The van der Waals surface area contributed by atoms with Gasteiger partial charge in [-0.2, -0.15) is 0 Å². The Morgan fingerprint density at radius 2 is 2.04 bits per heavy atom. The van der Waals surface area contributed by atoms with Crippen LogP contribution in [0, 0.1) is 13.8 Å². The maximum atomic E-state index is 12.9. The molecule has 0 unspecified atom stereocenters. The van der Waals surface area contributed by atoms with Gasteiger partial charge in [-0.25, -0.2) is 13.4 Å². The van der Waals surface area contributed by atoms with Crippen molar-refractivity contribution in [1.82, 2.24) is 14.5 Å². The third-order valence-corrected chi connectivity index (χ3v) is 6.73. The number of fused-ring (bicyclic) bond motifs is 1. The molecule has 7 heteroatoms. The Bertz CT molecular complexity index is 902. The Labute approximate surface area is 148 Å². The zero-order valence-electron chi connectivity index (χ0n) is 15.0. The fourth-order valence-electron chi connectivity index (χ4n) is 3.45. The van der Waals surface area contributed by atoms with Gasteiger partial charge >= 0.3 is 0 Å². The molecule has 1 fully saturated rings. The Morgan fingerprint density at radius 1 is 1.32 bits per heavy atom. The van der Waals surface area contributed by atoms with E-state index in [0.29, 0.717) is 13.0 Å². The molecular formula is C18H25N3O3S. The van der Waals surface area contributed by atoms with Gasteiger partial charge in [0.15, 0.2) is 9.84 Å². The Balaban J connectivity index is 1.83. The molecule has 1 aromatic carbocycles. The second kappa shape index (κ2) is 6.78. The highest BCUT2D eigenvalue weighted by Crippen LogP contribution is 2.21. The lowest BCUT2D eigenvalue weighted by Gasteiger charge is -2.28. The monoisotopic (exact) mass is 363 g/mol. The molecule has 1 atom stereocenters. The molecule has 2 heterocycles. The minimum absolute atomic E-state index is 0.0403. The predicted octanol–water partition coefficient (Wildman–Crippen LogP) is 2.08. The van der Waals surface area contributed by atoms with Crippen LogP contribution >= 0.6 is 0 Å². The molecule has 0 bridgehead atoms. The van der Waals surface area contributed by atoms with Crippen LogP contribution in [0.1, 0.15) is 30.9 Å². The minimum Gasteiger partial charge on any atom is -0.337 e. The number of benzene rings is 1. The van der Waals surface area contributed by atoms with Crippen LogP contribution in [0.2, 0.25) is 0 Å². The summed E-state index contributed by atoms with van der Waals surface area (Å²) in [6.45, 7) is 6.87. The summed E-state index contributed by atoms with van der Waals surface area (Å²) < 4.78 is 25.4. The van der Waals surface area contributed by atoms with Crippen molar-refractivity contribution >= 4 is 26.8 Å². The average molecular weight is 363 g/mol. The molecule has 0 aliphatic carbocycles. The molecule has 0 spiro atoms. The van der Waals surface area contributed by atoms with Gasteiger partial charge in [-0.3, -0.25) is 4.79 Å². The molecular weight excluding hydrogens is 338 g/mol. The van der Waals surface area contributed by atoms with Crippen LogP contribution in [0.5, 0.6) is 0 Å². The first-order valence-electron chi connectivity index (χ1n) is 8.72. The van der Waals surface area contributed by atoms with Crippen molar-refractivity contribution in [3.05, 3.63) is 29.6 Å². The number of hydrogen-bond acceptors (Lipinski definition) is 4. The molecule has 2 aromatic rings. The summed E-state index contributed by atoms with van der Waals surface area (Å²) in [5.41, 5.74) is 4.15. The van der Waals surface area contributed by atoms with E-state index in [9.17, 15) is 13.2 Å². The van der Waals surface area contributed by atoms with Crippen LogP contribution in [0.15, 0.2) is 18.5 Å². The van der Waals surface area contributed by atoms with E-state index in [4.69, 9.17) is 0 Å². The van der Waals surface area contributed by atoms with E-state index in [1.807, 2.05) is 31.4 Å². The van der Waals surface area contributed by atoms with E-state index in [1.165, 1.54) is 5.56 Å². The van der Waals surface area contributed by atoms with Gasteiger partial charge in [-0.1, -0.05) is 6.92 Å². The van der Waals surface area contributed by atoms with Gasteiger partial charge in [0, 0.05) is 12.6 Å². The maximum absolute atomic E-state index is 12.9. The van der Waals surface area contributed by atoms with Crippen molar-refractivity contribution in [2.75, 3.05) is 18.1 Å². The van der Waals surface area contributed by atoms with E-state index in [2.05, 4.69) is 11.1 Å². The van der Waals surface area contributed by atoms with E-state index in [0.717, 1.165) is 23.0 Å². The van der Waals surface area contributed by atoms with Crippen LogP contribution in [-0.2, 0) is 21.2 Å². The third kappa shape index (κ3) is 3.71. The number of rotatable bonds is 5. The smallest absolute Gasteiger partial charge is 0.242 e. The zero-order chi connectivity index (χ0) is 18.2. The molecule has 3 rings (SSSR count). The fraction of sp³-hybridized carbons (Fsp3) is 0.556. The van der Waals surface area contributed by atoms with Crippen molar-refractivity contribution in [3.63, 3.8) is 0 Å². The second-order valence-electron chi connectivity index (χ2n) is 6.94. The number of aromatic nitrogens is 2. The topological polar surface area (TPSA) is 72.3 Å². The van der Waals surface area contributed by atoms with E-state index in [1.54, 1.807) is 11.2 Å². The number of sulfone groups is 1. The van der Waals surface area contributed by atoms with Crippen LogP contribution in [0.3, 0.4) is 0 Å². The van der Waals surface area contributed by atoms with Gasteiger partial charge in [0.05, 0.1) is 28.9 Å². The molecule has 6 nitrogen and oxygen atoms in total. The van der Waals surface area contributed by atoms with Crippen molar-refractivity contribution in [1.29, 1.82) is 0 Å². The maximum Gasteiger partial charge on any atom is 0.242 e. The van der Waals surface area contributed by atoms with Crippen molar-refractivity contribution in [3.8, 4) is 0 Å². The number of amides is 1. The summed E-state index contributed by atoms with van der Waals surface area (Å²) in [6.07, 6.45) is 3.04. The number of carbonyl (C=O) groups excluding carboxylic acids is 1. The largest absolute Gasteiger partial charge is 0.337 e. The van der Waals surface area contributed by atoms with Gasteiger partial charge < -0.3 is 9.47 Å². The number of imidazole rings is 1. The lowest BCUT2D eigenvalue weighted by atomic mass is 10.1. The second-order valence-corrected chi connectivity index (χ2v) is 9.17. The van der Waals surface area contributed by atoms with E-state index in [-0.39, 0.29) is 30.0 Å². The minimum atomic E-state index is -3.01.